The van der Waals surface area contributed by atoms with E-state index in [2.05, 4.69) is 5.32 Å². The molecule has 1 aromatic rings. The van der Waals surface area contributed by atoms with Gasteiger partial charge >= 0.3 is 0 Å². The molecule has 1 rings (SSSR count). The zero-order valence-electron chi connectivity index (χ0n) is 9.04. The SMILES string of the molecule is CNC(=O)COc1cc(Cl)c(S(=O)(=O)Cl)cc1Cl. The molecule has 0 aromatic heterocycles. The second-order valence-corrected chi connectivity index (χ2v) is 6.46. The lowest BCUT2D eigenvalue weighted by Gasteiger charge is -2.09. The number of nitrogens with one attached hydrogen (secondary N) is 1. The van der Waals surface area contributed by atoms with Crippen LogP contribution in [0.15, 0.2) is 17.0 Å². The molecular weight excluding hydrogens is 325 g/mol. The molecule has 1 aromatic carbocycles. The predicted molar refractivity (Wildman–Crippen MR) is 69.1 cm³/mol. The average molecular weight is 333 g/mol. The van der Waals surface area contributed by atoms with Gasteiger partial charge < -0.3 is 10.1 Å². The third-order valence-electron chi connectivity index (χ3n) is 1.89. The van der Waals surface area contributed by atoms with Crippen LogP contribution in [-0.2, 0) is 13.8 Å². The van der Waals surface area contributed by atoms with Crippen LogP contribution in [-0.4, -0.2) is 28.0 Å². The van der Waals surface area contributed by atoms with Gasteiger partial charge in [-0.25, -0.2) is 8.42 Å². The van der Waals surface area contributed by atoms with Crippen LogP contribution in [0.1, 0.15) is 0 Å². The van der Waals surface area contributed by atoms with Crippen LogP contribution in [0.3, 0.4) is 0 Å². The molecule has 1 N–H and O–H groups in total. The molecule has 0 saturated heterocycles. The number of amides is 1. The maximum atomic E-state index is 11.1. The van der Waals surface area contributed by atoms with Gasteiger partial charge in [-0.05, 0) is 6.07 Å². The van der Waals surface area contributed by atoms with Crippen molar-refractivity contribution in [3.63, 3.8) is 0 Å². The van der Waals surface area contributed by atoms with Gasteiger partial charge in [0.25, 0.3) is 15.0 Å². The normalized spacial score (nSPS) is 11.1. The first-order valence-electron chi connectivity index (χ1n) is 4.52. The van der Waals surface area contributed by atoms with Crippen LogP contribution >= 0.6 is 33.9 Å². The number of ether oxygens (including phenoxy) is 1. The first kappa shape index (κ1) is 15.4. The van der Waals surface area contributed by atoms with E-state index in [4.69, 9.17) is 38.6 Å². The lowest BCUT2D eigenvalue weighted by Crippen LogP contribution is -2.24. The zero-order valence-corrected chi connectivity index (χ0v) is 12.1. The number of rotatable bonds is 4. The van der Waals surface area contributed by atoms with Crippen LogP contribution in [0.25, 0.3) is 0 Å². The summed E-state index contributed by atoms with van der Waals surface area (Å²) in [7, 11) is 2.62. The van der Waals surface area contributed by atoms with Gasteiger partial charge in [0.05, 0.1) is 10.0 Å². The summed E-state index contributed by atoms with van der Waals surface area (Å²) in [5.41, 5.74) is 0. The molecule has 0 radical (unpaired) electrons. The van der Waals surface area contributed by atoms with Gasteiger partial charge in [0, 0.05) is 23.8 Å². The second-order valence-electron chi connectivity index (χ2n) is 3.11. The van der Waals surface area contributed by atoms with Gasteiger partial charge in [0.15, 0.2) is 6.61 Å². The van der Waals surface area contributed by atoms with E-state index in [-0.39, 0.29) is 33.2 Å². The van der Waals surface area contributed by atoms with Crippen molar-refractivity contribution in [2.45, 2.75) is 4.90 Å². The van der Waals surface area contributed by atoms with Gasteiger partial charge in [-0.1, -0.05) is 23.2 Å². The molecule has 1 amide bonds. The number of benzene rings is 1. The monoisotopic (exact) mass is 331 g/mol. The molecule has 0 saturated carbocycles. The number of carbonyl (C=O) groups is 1. The number of carbonyl (C=O) groups excluding carboxylic acids is 1. The Bertz CT molecular complexity index is 573. The molecular formula is C9H8Cl3NO4S. The summed E-state index contributed by atoms with van der Waals surface area (Å²) in [4.78, 5) is 10.7. The van der Waals surface area contributed by atoms with E-state index in [1.807, 2.05) is 0 Å². The third kappa shape index (κ3) is 3.91. The highest BCUT2D eigenvalue weighted by Crippen LogP contribution is 2.34. The maximum absolute atomic E-state index is 11.1. The van der Waals surface area contributed by atoms with E-state index in [9.17, 15) is 13.2 Å². The fourth-order valence-corrected chi connectivity index (χ4v) is 2.82. The molecule has 5 nitrogen and oxygen atoms in total. The Morgan fingerprint density at radius 2 is 1.94 bits per heavy atom. The highest BCUT2D eigenvalue weighted by Gasteiger charge is 2.18. The predicted octanol–water partition coefficient (Wildman–Crippen LogP) is 2.05. The summed E-state index contributed by atoms with van der Waals surface area (Å²) in [6.45, 7) is -0.264. The number of hydrogen-bond donors (Lipinski definition) is 1. The molecule has 0 heterocycles. The summed E-state index contributed by atoms with van der Waals surface area (Å²) in [5.74, 6) is -0.273. The summed E-state index contributed by atoms with van der Waals surface area (Å²) in [5, 5.41) is 2.20. The molecule has 9 heteroatoms. The van der Waals surface area contributed by atoms with E-state index in [1.54, 1.807) is 0 Å². The molecule has 18 heavy (non-hydrogen) atoms. The van der Waals surface area contributed by atoms with Crippen LogP contribution < -0.4 is 10.1 Å². The summed E-state index contributed by atoms with van der Waals surface area (Å²) >= 11 is 11.5. The number of likely N-dealkylation sites (N-methyl/N-ethyl adjacent to an activating group) is 1. The van der Waals surface area contributed by atoms with Gasteiger partial charge in [-0.3, -0.25) is 4.79 Å². The Balaban J connectivity index is 3.05. The van der Waals surface area contributed by atoms with Crippen LogP contribution in [0, 0.1) is 0 Å². The Morgan fingerprint density at radius 3 is 2.44 bits per heavy atom. The van der Waals surface area contributed by atoms with E-state index >= 15 is 0 Å². The molecule has 100 valence electrons. The fraction of sp³-hybridized carbons (Fsp3) is 0.222. The van der Waals surface area contributed by atoms with E-state index in [1.165, 1.54) is 13.1 Å². The molecule has 0 fully saturated rings. The molecule has 0 bridgehead atoms. The average Bonchev–Trinajstić information content (AvgIpc) is 2.27. The van der Waals surface area contributed by atoms with E-state index in [0.717, 1.165) is 6.07 Å². The van der Waals surface area contributed by atoms with Crippen molar-refractivity contribution in [1.82, 2.24) is 5.32 Å². The zero-order chi connectivity index (χ0) is 13.9. The largest absolute Gasteiger partial charge is 0.482 e. The number of hydrogen-bond acceptors (Lipinski definition) is 4. The van der Waals surface area contributed by atoms with E-state index < -0.39 is 9.05 Å². The summed E-state index contributed by atoms with van der Waals surface area (Å²) in [6, 6.07) is 2.24. The highest BCUT2D eigenvalue weighted by atomic mass is 35.7. The van der Waals surface area contributed by atoms with Crippen LogP contribution in [0.2, 0.25) is 10.0 Å². The minimum absolute atomic E-state index is 0.0115. The molecule has 0 atom stereocenters. The molecule has 0 aliphatic heterocycles. The Labute approximate surface area is 118 Å². The smallest absolute Gasteiger partial charge is 0.262 e. The second kappa shape index (κ2) is 5.97. The lowest BCUT2D eigenvalue weighted by atomic mass is 10.3. The molecule has 0 unspecified atom stereocenters. The summed E-state index contributed by atoms with van der Waals surface area (Å²) < 4.78 is 27.4. The van der Waals surface area contributed by atoms with Gasteiger partial charge in [-0.15, -0.1) is 0 Å². The lowest BCUT2D eigenvalue weighted by molar-refractivity contribution is -0.122. The highest BCUT2D eigenvalue weighted by molar-refractivity contribution is 8.13. The van der Waals surface area contributed by atoms with Gasteiger partial charge in [0.2, 0.25) is 0 Å². The summed E-state index contributed by atoms with van der Waals surface area (Å²) in [6.07, 6.45) is 0. The molecule has 0 aliphatic rings. The maximum Gasteiger partial charge on any atom is 0.262 e. The minimum Gasteiger partial charge on any atom is -0.482 e. The standard InChI is InChI=1S/C9H8Cl3NO4S/c1-13-9(14)4-17-7-2-6(11)8(3-5(7)10)18(12,15)16/h2-3H,4H2,1H3,(H,13,14). The first-order valence-corrected chi connectivity index (χ1v) is 7.59. The Kier molecular flexibility index (Phi) is 5.10. The van der Waals surface area contributed by atoms with Crippen molar-refractivity contribution < 1.29 is 17.9 Å². The topological polar surface area (TPSA) is 72.5 Å². The molecule has 0 spiro atoms. The van der Waals surface area contributed by atoms with Crippen LogP contribution in [0.4, 0.5) is 0 Å². The minimum atomic E-state index is -3.99. The molecule has 0 aliphatic carbocycles. The van der Waals surface area contributed by atoms with Gasteiger partial charge in [0.1, 0.15) is 10.6 Å². The van der Waals surface area contributed by atoms with Crippen molar-refractivity contribution in [2.75, 3.05) is 13.7 Å². The quantitative estimate of drug-likeness (QED) is 0.857. The van der Waals surface area contributed by atoms with Crippen molar-refractivity contribution in [3.8, 4) is 5.75 Å². The number of halogens is 3. The fourth-order valence-electron chi connectivity index (χ4n) is 1.02. The van der Waals surface area contributed by atoms with Crippen molar-refractivity contribution >= 4 is 48.8 Å². The Morgan fingerprint density at radius 1 is 1.33 bits per heavy atom. The van der Waals surface area contributed by atoms with Crippen molar-refractivity contribution in [1.29, 1.82) is 0 Å². The Hall–Kier alpha value is -0.690. The van der Waals surface area contributed by atoms with Crippen molar-refractivity contribution in [2.24, 2.45) is 0 Å². The van der Waals surface area contributed by atoms with Crippen LogP contribution in [0.5, 0.6) is 5.75 Å². The van der Waals surface area contributed by atoms with Gasteiger partial charge in [-0.2, -0.15) is 0 Å². The first-order chi connectivity index (χ1) is 8.25. The third-order valence-corrected chi connectivity index (χ3v) is 3.97. The van der Waals surface area contributed by atoms with Crippen molar-refractivity contribution in [3.05, 3.63) is 22.2 Å². The van der Waals surface area contributed by atoms with E-state index in [0.29, 0.717) is 0 Å².